The first-order valence-electron chi connectivity index (χ1n) is 9.36. The van der Waals surface area contributed by atoms with E-state index in [-0.39, 0.29) is 23.8 Å². The van der Waals surface area contributed by atoms with Crippen LogP contribution in [-0.2, 0) is 4.79 Å². The minimum atomic E-state index is -0.0890. The topological polar surface area (TPSA) is 66.6 Å². The maximum absolute atomic E-state index is 12.9. The van der Waals surface area contributed by atoms with Gasteiger partial charge in [-0.3, -0.25) is 9.59 Å². The highest BCUT2D eigenvalue weighted by atomic mass is 16.2. The van der Waals surface area contributed by atoms with E-state index in [9.17, 15) is 9.59 Å². The van der Waals surface area contributed by atoms with Gasteiger partial charge in [-0.2, -0.15) is 0 Å². The number of nitrogens with zero attached hydrogens (tertiary/aromatic N) is 2. The van der Waals surface area contributed by atoms with Crippen LogP contribution in [0, 0.1) is 19.8 Å². The summed E-state index contributed by atoms with van der Waals surface area (Å²) in [5, 5.41) is 0. The molecule has 25 heavy (non-hydrogen) atoms. The molecule has 1 aromatic rings. The van der Waals surface area contributed by atoms with Crippen molar-refractivity contribution in [2.24, 2.45) is 11.7 Å². The highest BCUT2D eigenvalue weighted by Crippen LogP contribution is 2.23. The van der Waals surface area contributed by atoms with Crippen molar-refractivity contribution in [1.82, 2.24) is 9.80 Å². The molecule has 2 aliphatic heterocycles. The van der Waals surface area contributed by atoms with Gasteiger partial charge < -0.3 is 15.5 Å². The minimum absolute atomic E-state index is 0.0413. The zero-order valence-electron chi connectivity index (χ0n) is 15.3. The molecule has 0 unspecified atom stereocenters. The summed E-state index contributed by atoms with van der Waals surface area (Å²) in [4.78, 5) is 29.5. The molecule has 2 aliphatic rings. The Balaban J connectivity index is 1.68. The third-order valence-corrected chi connectivity index (χ3v) is 5.30. The highest BCUT2D eigenvalue weighted by molar-refractivity contribution is 5.95. The Bertz CT molecular complexity index is 638. The van der Waals surface area contributed by atoms with Crippen molar-refractivity contribution < 1.29 is 9.59 Å². The van der Waals surface area contributed by atoms with Crippen LogP contribution in [0.15, 0.2) is 18.2 Å². The molecule has 2 heterocycles. The van der Waals surface area contributed by atoms with E-state index in [0.717, 1.165) is 55.5 Å². The molecule has 5 heteroatoms. The van der Waals surface area contributed by atoms with Crippen molar-refractivity contribution in [3.63, 3.8) is 0 Å². The Hall–Kier alpha value is -1.88. The highest BCUT2D eigenvalue weighted by Gasteiger charge is 2.33. The number of hydrogen-bond acceptors (Lipinski definition) is 3. The van der Waals surface area contributed by atoms with Gasteiger partial charge in [0.2, 0.25) is 5.91 Å². The lowest BCUT2D eigenvalue weighted by Gasteiger charge is -2.37. The molecule has 2 atom stereocenters. The lowest BCUT2D eigenvalue weighted by atomic mass is 9.94. The summed E-state index contributed by atoms with van der Waals surface area (Å²) in [5.74, 6) is 0.127. The fraction of sp³-hybridized carbons (Fsp3) is 0.600. The number of carbonyl (C=O) groups is 2. The first-order chi connectivity index (χ1) is 11.9. The van der Waals surface area contributed by atoms with Crippen molar-refractivity contribution >= 4 is 11.8 Å². The van der Waals surface area contributed by atoms with Crippen LogP contribution in [0.4, 0.5) is 0 Å². The Labute approximate surface area is 150 Å². The van der Waals surface area contributed by atoms with Crippen LogP contribution >= 0.6 is 0 Å². The number of carbonyl (C=O) groups excluding carboxylic acids is 2. The molecule has 2 amide bonds. The maximum atomic E-state index is 12.9. The van der Waals surface area contributed by atoms with Crippen LogP contribution < -0.4 is 5.73 Å². The summed E-state index contributed by atoms with van der Waals surface area (Å²) in [6.45, 7) is 6.72. The minimum Gasteiger partial charge on any atom is -0.341 e. The lowest BCUT2D eigenvalue weighted by Crippen LogP contribution is -2.51. The lowest BCUT2D eigenvalue weighted by molar-refractivity contribution is -0.138. The molecular weight excluding hydrogens is 314 g/mol. The second-order valence-electron chi connectivity index (χ2n) is 7.65. The molecule has 2 fully saturated rings. The van der Waals surface area contributed by atoms with Gasteiger partial charge in [0.15, 0.2) is 0 Å². The molecule has 5 nitrogen and oxygen atoms in total. The quantitative estimate of drug-likeness (QED) is 0.894. The van der Waals surface area contributed by atoms with Crippen molar-refractivity contribution in [1.29, 1.82) is 0 Å². The third-order valence-electron chi connectivity index (χ3n) is 5.30. The number of likely N-dealkylation sites (tertiary alicyclic amines) is 2. The third kappa shape index (κ3) is 4.21. The van der Waals surface area contributed by atoms with E-state index in [1.54, 1.807) is 0 Å². The van der Waals surface area contributed by atoms with Gasteiger partial charge in [-0.05, 0) is 51.7 Å². The molecule has 136 valence electrons. The first kappa shape index (κ1) is 17.9. The molecule has 0 saturated carbocycles. The molecular formula is C20H29N3O2. The molecule has 0 aliphatic carbocycles. The largest absolute Gasteiger partial charge is 0.341 e. The van der Waals surface area contributed by atoms with Crippen LogP contribution in [0.2, 0.25) is 0 Å². The van der Waals surface area contributed by atoms with E-state index in [1.165, 1.54) is 0 Å². The predicted molar refractivity (Wildman–Crippen MR) is 98.3 cm³/mol. The SMILES string of the molecule is Cc1cc(C)cc(C(=O)N2CCC[C@@H](C(=O)N3CCC[C@@H](N)C3)C2)c1. The fourth-order valence-corrected chi connectivity index (χ4v) is 4.11. The molecule has 2 N–H and O–H groups in total. The van der Waals surface area contributed by atoms with Crippen molar-refractivity contribution in [3.8, 4) is 0 Å². The summed E-state index contributed by atoms with van der Waals surface area (Å²) < 4.78 is 0. The van der Waals surface area contributed by atoms with Crippen LogP contribution in [-0.4, -0.2) is 53.8 Å². The van der Waals surface area contributed by atoms with Crippen LogP contribution in [0.5, 0.6) is 0 Å². The fourth-order valence-electron chi connectivity index (χ4n) is 4.11. The second-order valence-corrected chi connectivity index (χ2v) is 7.65. The van der Waals surface area contributed by atoms with Gasteiger partial charge in [0, 0.05) is 37.8 Å². The molecule has 0 radical (unpaired) electrons. The molecule has 0 spiro atoms. The van der Waals surface area contributed by atoms with E-state index >= 15 is 0 Å². The van der Waals surface area contributed by atoms with E-state index in [4.69, 9.17) is 5.73 Å². The average Bonchev–Trinajstić information content (AvgIpc) is 2.59. The summed E-state index contributed by atoms with van der Waals surface area (Å²) in [6.07, 6.45) is 3.71. The van der Waals surface area contributed by atoms with Crippen molar-refractivity contribution in [2.75, 3.05) is 26.2 Å². The van der Waals surface area contributed by atoms with E-state index in [0.29, 0.717) is 13.1 Å². The van der Waals surface area contributed by atoms with Gasteiger partial charge in [-0.1, -0.05) is 17.2 Å². The van der Waals surface area contributed by atoms with Gasteiger partial charge in [0.25, 0.3) is 5.91 Å². The zero-order valence-corrected chi connectivity index (χ0v) is 15.3. The van der Waals surface area contributed by atoms with Gasteiger partial charge in [-0.15, -0.1) is 0 Å². The van der Waals surface area contributed by atoms with Gasteiger partial charge in [-0.25, -0.2) is 0 Å². The van der Waals surface area contributed by atoms with Crippen LogP contribution in [0.3, 0.4) is 0 Å². The number of benzene rings is 1. The normalized spacial score (nSPS) is 24.3. The summed E-state index contributed by atoms with van der Waals surface area (Å²) in [6, 6.07) is 6.03. The van der Waals surface area contributed by atoms with Gasteiger partial charge in [0.1, 0.15) is 0 Å². The number of hydrogen-bond donors (Lipinski definition) is 1. The molecule has 2 saturated heterocycles. The van der Waals surface area contributed by atoms with Gasteiger partial charge in [0.05, 0.1) is 5.92 Å². The number of rotatable bonds is 2. The number of nitrogens with two attached hydrogens (primary N) is 1. The standard InChI is InChI=1S/C20H29N3O2/c1-14-9-15(2)11-17(10-14)20(25)22-7-3-5-16(12-22)19(24)23-8-4-6-18(21)13-23/h9-11,16,18H,3-8,12-13,21H2,1-2H3/t16-,18-/m1/s1. The van der Waals surface area contributed by atoms with Crippen molar-refractivity contribution in [3.05, 3.63) is 34.9 Å². The predicted octanol–water partition coefficient (Wildman–Crippen LogP) is 2.11. The average molecular weight is 343 g/mol. The zero-order chi connectivity index (χ0) is 18.0. The Morgan fingerprint density at radius 1 is 0.960 bits per heavy atom. The van der Waals surface area contributed by atoms with E-state index in [2.05, 4.69) is 6.07 Å². The number of amides is 2. The summed E-state index contributed by atoms with van der Waals surface area (Å²) in [5.41, 5.74) is 8.93. The first-order valence-corrected chi connectivity index (χ1v) is 9.36. The summed E-state index contributed by atoms with van der Waals surface area (Å²) in [7, 11) is 0. The van der Waals surface area contributed by atoms with Gasteiger partial charge >= 0.3 is 0 Å². The smallest absolute Gasteiger partial charge is 0.253 e. The Kier molecular flexibility index (Phi) is 5.42. The molecule has 0 aromatic heterocycles. The Morgan fingerprint density at radius 3 is 2.28 bits per heavy atom. The van der Waals surface area contributed by atoms with E-state index < -0.39 is 0 Å². The number of piperidine rings is 2. The maximum Gasteiger partial charge on any atom is 0.253 e. The van der Waals surface area contributed by atoms with E-state index in [1.807, 2.05) is 35.8 Å². The molecule has 1 aromatic carbocycles. The molecule has 3 rings (SSSR count). The molecule has 0 bridgehead atoms. The monoisotopic (exact) mass is 343 g/mol. The van der Waals surface area contributed by atoms with Crippen LogP contribution in [0.1, 0.15) is 47.2 Å². The van der Waals surface area contributed by atoms with Crippen LogP contribution in [0.25, 0.3) is 0 Å². The van der Waals surface area contributed by atoms with Crippen molar-refractivity contribution in [2.45, 2.75) is 45.6 Å². The second kappa shape index (κ2) is 7.56. The Morgan fingerprint density at radius 2 is 1.60 bits per heavy atom. The summed E-state index contributed by atoms with van der Waals surface area (Å²) >= 11 is 0. The number of aryl methyl sites for hydroxylation is 2.